The molecule has 0 bridgehead atoms. The van der Waals surface area contributed by atoms with Gasteiger partial charge >= 0.3 is 0 Å². The number of aryl methyl sites for hydroxylation is 1. The Hall–Kier alpha value is -2.25. The normalized spacial score (nSPS) is 18.8. The van der Waals surface area contributed by atoms with Crippen molar-refractivity contribution in [3.63, 3.8) is 0 Å². The van der Waals surface area contributed by atoms with Crippen molar-refractivity contribution in [2.45, 2.75) is 32.4 Å². The maximum absolute atomic E-state index is 12.0. The summed E-state index contributed by atoms with van der Waals surface area (Å²) < 4.78 is 5.36. The van der Waals surface area contributed by atoms with Gasteiger partial charge in [-0.1, -0.05) is 42.4 Å². The van der Waals surface area contributed by atoms with Crippen LogP contribution in [0.4, 0.5) is 0 Å². The molecule has 0 aliphatic carbocycles. The van der Waals surface area contributed by atoms with Crippen LogP contribution in [0, 0.1) is 0 Å². The minimum Gasteiger partial charge on any atom is -0.368 e. The molecule has 2 aromatic rings. The largest absolute Gasteiger partial charge is 0.368 e. The summed E-state index contributed by atoms with van der Waals surface area (Å²) in [5.41, 5.74) is 6.62. The van der Waals surface area contributed by atoms with Crippen molar-refractivity contribution in [1.29, 1.82) is 0 Å². The Bertz CT molecular complexity index is 695. The molecule has 1 aliphatic rings. The van der Waals surface area contributed by atoms with Crippen LogP contribution in [0.15, 0.2) is 34.9 Å². The van der Waals surface area contributed by atoms with E-state index in [0.29, 0.717) is 5.89 Å². The molecule has 1 aliphatic heterocycles. The summed E-state index contributed by atoms with van der Waals surface area (Å²) >= 11 is 0. The number of rotatable bonds is 6. The van der Waals surface area contributed by atoms with Crippen LogP contribution in [0.2, 0.25) is 0 Å². The number of piperazine rings is 1. The first-order chi connectivity index (χ1) is 12.1. The average Bonchev–Trinajstić information content (AvgIpc) is 3.12. The molecule has 0 saturated carbocycles. The van der Waals surface area contributed by atoms with Gasteiger partial charge in [0.1, 0.15) is 6.04 Å². The molecule has 7 nitrogen and oxygen atoms in total. The van der Waals surface area contributed by atoms with E-state index >= 15 is 0 Å². The molecule has 2 N–H and O–H groups in total. The number of nitrogens with zero attached hydrogens (tertiary/aromatic N) is 4. The fourth-order valence-electron chi connectivity index (χ4n) is 3.31. The van der Waals surface area contributed by atoms with Gasteiger partial charge in [0.15, 0.2) is 5.82 Å². The third-order valence-electron chi connectivity index (χ3n) is 4.80. The van der Waals surface area contributed by atoms with E-state index in [4.69, 9.17) is 10.3 Å². The number of hydrogen-bond acceptors (Lipinski definition) is 6. The van der Waals surface area contributed by atoms with E-state index in [1.807, 2.05) is 37.3 Å². The first-order valence-corrected chi connectivity index (χ1v) is 8.75. The lowest BCUT2D eigenvalue weighted by Gasteiger charge is -2.39. The van der Waals surface area contributed by atoms with Crippen molar-refractivity contribution in [1.82, 2.24) is 19.9 Å². The van der Waals surface area contributed by atoms with Crippen LogP contribution in [-0.2, 0) is 11.2 Å². The van der Waals surface area contributed by atoms with Gasteiger partial charge in [-0.3, -0.25) is 14.6 Å². The molecule has 0 unspecified atom stereocenters. The SMILES string of the molecule is CCc1noc([C@H](C)N2CCN([C@@H](C(N)=O)c3ccccc3)CC2)n1. The van der Waals surface area contributed by atoms with E-state index in [2.05, 4.69) is 26.9 Å². The highest BCUT2D eigenvalue weighted by Crippen LogP contribution is 2.25. The minimum absolute atomic E-state index is 0.0682. The Morgan fingerprint density at radius 3 is 2.40 bits per heavy atom. The number of hydrogen-bond donors (Lipinski definition) is 1. The van der Waals surface area contributed by atoms with Crippen molar-refractivity contribution in [3.8, 4) is 0 Å². The number of carbonyl (C=O) groups excluding carboxylic acids is 1. The van der Waals surface area contributed by atoms with Gasteiger partial charge in [0.25, 0.3) is 0 Å². The number of primary amides is 1. The zero-order valence-electron chi connectivity index (χ0n) is 14.8. The van der Waals surface area contributed by atoms with Crippen molar-refractivity contribution < 1.29 is 9.32 Å². The molecule has 0 spiro atoms. The highest BCUT2D eigenvalue weighted by molar-refractivity contribution is 5.81. The Morgan fingerprint density at radius 2 is 1.84 bits per heavy atom. The van der Waals surface area contributed by atoms with Crippen molar-refractivity contribution >= 4 is 5.91 Å². The van der Waals surface area contributed by atoms with E-state index in [9.17, 15) is 4.79 Å². The van der Waals surface area contributed by atoms with E-state index in [-0.39, 0.29) is 18.0 Å². The molecule has 1 saturated heterocycles. The predicted molar refractivity (Wildman–Crippen MR) is 93.6 cm³/mol. The van der Waals surface area contributed by atoms with Gasteiger partial charge in [-0.15, -0.1) is 0 Å². The molecule has 134 valence electrons. The smallest absolute Gasteiger partial charge is 0.243 e. The van der Waals surface area contributed by atoms with Gasteiger partial charge in [0, 0.05) is 32.6 Å². The fraction of sp³-hybridized carbons (Fsp3) is 0.500. The minimum atomic E-state index is -0.381. The molecule has 1 fully saturated rings. The van der Waals surface area contributed by atoms with Gasteiger partial charge in [0.05, 0.1) is 6.04 Å². The van der Waals surface area contributed by atoms with Crippen molar-refractivity contribution in [2.24, 2.45) is 5.73 Å². The maximum atomic E-state index is 12.0. The molecule has 2 heterocycles. The summed E-state index contributed by atoms with van der Waals surface area (Å²) in [5, 5.41) is 3.97. The van der Waals surface area contributed by atoms with Crippen LogP contribution in [0.25, 0.3) is 0 Å². The van der Waals surface area contributed by atoms with Crippen LogP contribution < -0.4 is 5.73 Å². The number of aromatic nitrogens is 2. The molecule has 2 atom stereocenters. The van der Waals surface area contributed by atoms with E-state index in [1.54, 1.807) is 0 Å². The van der Waals surface area contributed by atoms with Gasteiger partial charge in [-0.05, 0) is 12.5 Å². The number of amides is 1. The third kappa shape index (κ3) is 3.88. The molecule has 0 radical (unpaired) electrons. The van der Waals surface area contributed by atoms with E-state index < -0.39 is 0 Å². The summed E-state index contributed by atoms with van der Waals surface area (Å²) in [6.07, 6.45) is 0.765. The molecule has 3 rings (SSSR count). The lowest BCUT2D eigenvalue weighted by atomic mass is 10.0. The van der Waals surface area contributed by atoms with Crippen molar-refractivity contribution in [3.05, 3.63) is 47.6 Å². The van der Waals surface area contributed by atoms with Gasteiger partial charge in [-0.2, -0.15) is 4.98 Å². The first-order valence-electron chi connectivity index (χ1n) is 8.75. The number of benzene rings is 1. The molecule has 1 amide bonds. The lowest BCUT2D eigenvalue weighted by Crippen LogP contribution is -2.50. The second-order valence-corrected chi connectivity index (χ2v) is 6.37. The molecule has 25 heavy (non-hydrogen) atoms. The van der Waals surface area contributed by atoms with Crippen molar-refractivity contribution in [2.75, 3.05) is 26.2 Å². The van der Waals surface area contributed by atoms with Crippen LogP contribution in [0.1, 0.15) is 43.2 Å². The summed E-state index contributed by atoms with van der Waals surface area (Å²) in [7, 11) is 0. The Kier molecular flexibility index (Phi) is 5.45. The zero-order chi connectivity index (χ0) is 17.8. The molecule has 1 aromatic heterocycles. The monoisotopic (exact) mass is 343 g/mol. The average molecular weight is 343 g/mol. The van der Waals surface area contributed by atoms with Crippen LogP contribution in [0.5, 0.6) is 0 Å². The zero-order valence-corrected chi connectivity index (χ0v) is 14.8. The molecule has 1 aromatic carbocycles. The summed E-state index contributed by atoms with van der Waals surface area (Å²) in [6, 6.07) is 9.41. The molecular weight excluding hydrogens is 318 g/mol. The second kappa shape index (κ2) is 7.76. The van der Waals surface area contributed by atoms with Gasteiger partial charge in [-0.25, -0.2) is 0 Å². The third-order valence-corrected chi connectivity index (χ3v) is 4.80. The molecule has 7 heteroatoms. The summed E-state index contributed by atoms with van der Waals surface area (Å²) in [6.45, 7) is 7.25. The van der Waals surface area contributed by atoms with Crippen LogP contribution in [0.3, 0.4) is 0 Å². The number of nitrogens with two attached hydrogens (primary N) is 1. The summed E-state index contributed by atoms with van der Waals surface area (Å²) in [5.74, 6) is 1.08. The predicted octanol–water partition coefficient (Wildman–Crippen LogP) is 1.54. The first kappa shape index (κ1) is 17.6. The lowest BCUT2D eigenvalue weighted by molar-refractivity contribution is -0.124. The van der Waals surface area contributed by atoms with Crippen LogP contribution >= 0.6 is 0 Å². The van der Waals surface area contributed by atoms with Gasteiger partial charge < -0.3 is 10.3 Å². The highest BCUT2D eigenvalue weighted by atomic mass is 16.5. The molecular formula is C18H25N5O2. The second-order valence-electron chi connectivity index (χ2n) is 6.37. The van der Waals surface area contributed by atoms with Gasteiger partial charge in [0.2, 0.25) is 11.8 Å². The Labute approximate surface area is 147 Å². The maximum Gasteiger partial charge on any atom is 0.243 e. The van der Waals surface area contributed by atoms with E-state index in [0.717, 1.165) is 44.0 Å². The fourth-order valence-corrected chi connectivity index (χ4v) is 3.31. The number of carbonyl (C=O) groups is 1. The Morgan fingerprint density at radius 1 is 1.20 bits per heavy atom. The van der Waals surface area contributed by atoms with E-state index in [1.165, 1.54) is 0 Å². The quantitative estimate of drug-likeness (QED) is 0.856. The van der Waals surface area contributed by atoms with Crippen LogP contribution in [-0.4, -0.2) is 52.0 Å². The standard InChI is InChI=1S/C18H25N5O2/c1-3-15-20-18(25-21-15)13(2)22-9-11-23(12-10-22)16(17(19)24)14-7-5-4-6-8-14/h4-8,13,16H,3,9-12H2,1-2H3,(H2,19,24)/t13-,16+/m0/s1. The highest BCUT2D eigenvalue weighted by Gasteiger charge is 2.31. The topological polar surface area (TPSA) is 88.5 Å². The summed E-state index contributed by atoms with van der Waals surface area (Å²) in [4.78, 5) is 20.9. The Balaban J connectivity index is 1.65.